The summed E-state index contributed by atoms with van der Waals surface area (Å²) in [5, 5.41) is 16.9. The van der Waals surface area contributed by atoms with Gasteiger partial charge in [-0.25, -0.2) is 5.43 Å². The second-order valence-corrected chi connectivity index (χ2v) is 6.20. The first kappa shape index (κ1) is 18.1. The summed E-state index contributed by atoms with van der Waals surface area (Å²) >= 11 is 0. The molecule has 0 aliphatic carbocycles. The second-order valence-electron chi connectivity index (χ2n) is 6.20. The minimum absolute atomic E-state index is 0.0467. The molecule has 0 saturated carbocycles. The zero-order chi connectivity index (χ0) is 20.2. The van der Waals surface area contributed by atoms with Crippen LogP contribution in [0.4, 0.5) is 5.69 Å². The summed E-state index contributed by atoms with van der Waals surface area (Å²) in [7, 11) is 0. The molecule has 4 rings (SSSR count). The fraction of sp³-hybridized carbons (Fsp3) is 0. The molecule has 0 radical (unpaired) electrons. The zero-order valence-corrected chi connectivity index (χ0v) is 15.1. The SMILES string of the molecule is O=C(N/N=C\c1ccc(-c2ccccc2[N+](=O)[O-])o1)c1cccc2ccccc12. The highest BCUT2D eigenvalue weighted by Crippen LogP contribution is 2.30. The van der Waals surface area contributed by atoms with Crippen LogP contribution in [-0.4, -0.2) is 17.0 Å². The minimum Gasteiger partial charge on any atom is -0.455 e. The normalized spacial score (nSPS) is 11.0. The van der Waals surface area contributed by atoms with Crippen LogP contribution in [-0.2, 0) is 0 Å². The van der Waals surface area contributed by atoms with Crippen LogP contribution >= 0.6 is 0 Å². The van der Waals surface area contributed by atoms with Gasteiger partial charge in [0.15, 0.2) is 0 Å². The quantitative estimate of drug-likeness (QED) is 0.304. The first-order chi connectivity index (χ1) is 14.1. The highest BCUT2D eigenvalue weighted by molar-refractivity contribution is 6.07. The first-order valence-electron chi connectivity index (χ1n) is 8.78. The van der Waals surface area contributed by atoms with Crippen molar-refractivity contribution in [3.05, 3.63) is 100 Å². The van der Waals surface area contributed by atoms with E-state index in [2.05, 4.69) is 10.5 Å². The van der Waals surface area contributed by atoms with Gasteiger partial charge in [0.25, 0.3) is 11.6 Å². The topological polar surface area (TPSA) is 97.7 Å². The second kappa shape index (κ2) is 7.77. The number of nitrogens with one attached hydrogen (secondary N) is 1. The van der Waals surface area contributed by atoms with Crippen LogP contribution in [0.25, 0.3) is 22.1 Å². The summed E-state index contributed by atoms with van der Waals surface area (Å²) in [6, 6.07) is 22.6. The van der Waals surface area contributed by atoms with Crippen molar-refractivity contribution in [1.29, 1.82) is 0 Å². The van der Waals surface area contributed by atoms with Crippen LogP contribution < -0.4 is 5.43 Å². The Morgan fingerprint density at radius 2 is 1.72 bits per heavy atom. The predicted octanol–water partition coefficient (Wildman–Crippen LogP) is 4.77. The van der Waals surface area contributed by atoms with Crippen LogP contribution in [0.5, 0.6) is 0 Å². The van der Waals surface area contributed by atoms with Gasteiger partial charge in [0.1, 0.15) is 11.5 Å². The average Bonchev–Trinajstić information content (AvgIpc) is 3.22. The molecule has 1 amide bonds. The lowest BCUT2D eigenvalue weighted by Gasteiger charge is -2.04. The van der Waals surface area contributed by atoms with E-state index in [1.165, 1.54) is 12.3 Å². The Bertz CT molecular complexity index is 1240. The van der Waals surface area contributed by atoms with E-state index >= 15 is 0 Å². The highest BCUT2D eigenvalue weighted by Gasteiger charge is 2.16. The van der Waals surface area contributed by atoms with Crippen LogP contribution in [0.2, 0.25) is 0 Å². The number of hydrogen-bond donors (Lipinski definition) is 1. The number of rotatable bonds is 5. The maximum Gasteiger partial charge on any atom is 0.280 e. The van der Waals surface area contributed by atoms with Gasteiger partial charge in [-0.2, -0.15) is 5.10 Å². The summed E-state index contributed by atoms with van der Waals surface area (Å²) in [6.07, 6.45) is 1.35. The van der Waals surface area contributed by atoms with E-state index < -0.39 is 4.92 Å². The number of fused-ring (bicyclic) bond motifs is 1. The molecule has 0 spiro atoms. The molecule has 0 fully saturated rings. The Morgan fingerprint density at radius 3 is 2.59 bits per heavy atom. The van der Waals surface area contributed by atoms with E-state index in [4.69, 9.17) is 4.42 Å². The van der Waals surface area contributed by atoms with Crippen molar-refractivity contribution in [1.82, 2.24) is 5.43 Å². The number of carbonyl (C=O) groups is 1. The Hall–Kier alpha value is -4.26. The molecule has 0 saturated heterocycles. The monoisotopic (exact) mass is 385 g/mol. The molecule has 142 valence electrons. The molecule has 4 aromatic rings. The van der Waals surface area contributed by atoms with Gasteiger partial charge in [0.05, 0.1) is 16.7 Å². The summed E-state index contributed by atoms with van der Waals surface area (Å²) < 4.78 is 5.61. The molecule has 7 nitrogen and oxygen atoms in total. The number of furan rings is 1. The molecule has 1 heterocycles. The molecular formula is C22H15N3O4. The third-order valence-electron chi connectivity index (χ3n) is 4.39. The van der Waals surface area contributed by atoms with Gasteiger partial charge in [-0.3, -0.25) is 14.9 Å². The Kier molecular flexibility index (Phi) is 4.86. The van der Waals surface area contributed by atoms with Crippen molar-refractivity contribution in [3.63, 3.8) is 0 Å². The number of nitro benzene ring substituents is 1. The third-order valence-corrected chi connectivity index (χ3v) is 4.39. The molecule has 0 aliphatic heterocycles. The van der Waals surface area contributed by atoms with Gasteiger partial charge in [-0.05, 0) is 35.0 Å². The largest absolute Gasteiger partial charge is 0.455 e. The van der Waals surface area contributed by atoms with Crippen molar-refractivity contribution in [2.24, 2.45) is 5.10 Å². The molecule has 0 atom stereocenters. The predicted molar refractivity (Wildman–Crippen MR) is 110 cm³/mol. The van der Waals surface area contributed by atoms with Crippen LogP contribution in [0.3, 0.4) is 0 Å². The summed E-state index contributed by atoms with van der Waals surface area (Å²) in [5.41, 5.74) is 3.32. The lowest BCUT2D eigenvalue weighted by molar-refractivity contribution is -0.384. The van der Waals surface area contributed by atoms with E-state index in [0.717, 1.165) is 10.8 Å². The van der Waals surface area contributed by atoms with Crippen LogP contribution in [0.15, 0.2) is 88.4 Å². The van der Waals surface area contributed by atoms with Crippen LogP contribution in [0, 0.1) is 10.1 Å². The maximum atomic E-state index is 12.5. The fourth-order valence-corrected chi connectivity index (χ4v) is 3.05. The molecule has 0 bridgehead atoms. The molecule has 3 aromatic carbocycles. The lowest BCUT2D eigenvalue weighted by atomic mass is 10.0. The van der Waals surface area contributed by atoms with Gasteiger partial charge >= 0.3 is 0 Å². The van der Waals surface area contributed by atoms with Crippen molar-refractivity contribution in [2.45, 2.75) is 0 Å². The van der Waals surface area contributed by atoms with E-state index in [9.17, 15) is 14.9 Å². The smallest absolute Gasteiger partial charge is 0.280 e. The molecule has 1 aromatic heterocycles. The van der Waals surface area contributed by atoms with Gasteiger partial charge in [-0.15, -0.1) is 0 Å². The number of nitro groups is 1. The van der Waals surface area contributed by atoms with Crippen molar-refractivity contribution < 1.29 is 14.1 Å². The summed E-state index contributed by atoms with van der Waals surface area (Å²) in [4.78, 5) is 23.2. The first-order valence-corrected chi connectivity index (χ1v) is 8.78. The number of hydrazone groups is 1. The van der Waals surface area contributed by atoms with E-state index in [1.54, 1.807) is 36.4 Å². The molecule has 0 unspecified atom stereocenters. The van der Waals surface area contributed by atoms with Crippen molar-refractivity contribution in [3.8, 4) is 11.3 Å². The van der Waals surface area contributed by atoms with Crippen LogP contribution in [0.1, 0.15) is 16.1 Å². The van der Waals surface area contributed by atoms with Gasteiger partial charge in [0, 0.05) is 11.6 Å². The standard InChI is InChI=1S/C22H15N3O4/c26-22(18-10-5-7-15-6-1-2-8-17(15)18)24-23-14-16-12-13-21(29-16)19-9-3-4-11-20(19)25(27)28/h1-14H,(H,24,26)/b23-14-. The Morgan fingerprint density at radius 1 is 0.966 bits per heavy atom. The Balaban J connectivity index is 1.51. The third kappa shape index (κ3) is 3.74. The fourth-order valence-electron chi connectivity index (χ4n) is 3.05. The maximum absolute atomic E-state index is 12.5. The molecule has 0 aliphatic rings. The van der Waals surface area contributed by atoms with E-state index in [0.29, 0.717) is 22.6 Å². The molecule has 1 N–H and O–H groups in total. The number of carbonyl (C=O) groups excluding carboxylic acids is 1. The average molecular weight is 385 g/mol. The highest BCUT2D eigenvalue weighted by atomic mass is 16.6. The summed E-state index contributed by atoms with van der Waals surface area (Å²) in [6.45, 7) is 0. The number of para-hydroxylation sites is 1. The van der Waals surface area contributed by atoms with Gasteiger partial charge in [-0.1, -0.05) is 48.5 Å². The summed E-state index contributed by atoms with van der Waals surface area (Å²) in [5.74, 6) is 0.360. The zero-order valence-electron chi connectivity index (χ0n) is 15.1. The number of amides is 1. The lowest BCUT2D eigenvalue weighted by Crippen LogP contribution is -2.17. The number of hydrogen-bond acceptors (Lipinski definition) is 5. The van der Waals surface area contributed by atoms with Crippen molar-refractivity contribution >= 4 is 28.6 Å². The van der Waals surface area contributed by atoms with Gasteiger partial charge < -0.3 is 4.42 Å². The molecular weight excluding hydrogens is 370 g/mol. The van der Waals surface area contributed by atoms with Crippen molar-refractivity contribution in [2.75, 3.05) is 0 Å². The Labute approximate surface area is 165 Å². The number of benzene rings is 3. The number of nitrogens with zero attached hydrogens (tertiary/aromatic N) is 2. The molecule has 29 heavy (non-hydrogen) atoms. The van der Waals surface area contributed by atoms with E-state index in [-0.39, 0.29) is 11.6 Å². The van der Waals surface area contributed by atoms with E-state index in [1.807, 2.05) is 36.4 Å². The molecule has 7 heteroatoms. The van der Waals surface area contributed by atoms with Gasteiger partial charge in [0.2, 0.25) is 0 Å². The minimum atomic E-state index is -0.462.